The minimum absolute atomic E-state index is 0.0652. The van der Waals surface area contributed by atoms with Gasteiger partial charge in [0.1, 0.15) is 17.6 Å². The Morgan fingerprint density at radius 2 is 2.06 bits per heavy atom. The molecule has 3 N–H and O–H groups in total. The van der Waals surface area contributed by atoms with Gasteiger partial charge in [0.05, 0.1) is 18.7 Å². The van der Waals surface area contributed by atoms with Gasteiger partial charge in [-0.1, -0.05) is 12.1 Å². The number of thiophene rings is 1. The predicted molar refractivity (Wildman–Crippen MR) is 112 cm³/mol. The van der Waals surface area contributed by atoms with Crippen molar-refractivity contribution in [1.82, 2.24) is 9.91 Å². The molecule has 2 amide bonds. The molecule has 0 radical (unpaired) electrons. The predicted octanol–water partition coefficient (Wildman–Crippen LogP) is 4.14. The van der Waals surface area contributed by atoms with Gasteiger partial charge in [-0.25, -0.2) is 15.2 Å². The number of alkyl halides is 3. The molecule has 1 spiro atoms. The maximum absolute atomic E-state index is 13.3. The van der Waals surface area contributed by atoms with E-state index in [1.54, 1.807) is 11.2 Å². The zero-order valence-electron chi connectivity index (χ0n) is 17.1. The Hall–Kier alpha value is -2.46. The summed E-state index contributed by atoms with van der Waals surface area (Å²) >= 11 is 0. The monoisotopic (exact) mass is 453 g/mol. The van der Waals surface area contributed by atoms with Crippen LogP contribution in [0.4, 0.5) is 23.0 Å². The Morgan fingerprint density at radius 3 is 2.74 bits per heavy atom. The highest BCUT2D eigenvalue weighted by atomic mass is 32.2. The van der Waals surface area contributed by atoms with E-state index >= 15 is 0 Å². The number of urea groups is 1. The van der Waals surface area contributed by atoms with Crippen molar-refractivity contribution < 1.29 is 22.7 Å². The third-order valence-electron chi connectivity index (χ3n) is 6.65. The number of likely N-dealkylation sites (tertiary alicyclic amines) is 1. The van der Waals surface area contributed by atoms with Gasteiger partial charge in [-0.3, -0.25) is 0 Å². The third kappa shape index (κ3) is 3.23. The smallest absolute Gasteiger partial charge is 0.421 e. The minimum Gasteiger partial charge on any atom is -0.492 e. The van der Waals surface area contributed by atoms with Crippen LogP contribution >= 0.6 is 10.5 Å². The summed E-state index contributed by atoms with van der Waals surface area (Å²) < 4.78 is 45.9. The van der Waals surface area contributed by atoms with Crippen LogP contribution in [0, 0.1) is 0 Å². The molecule has 31 heavy (non-hydrogen) atoms. The Bertz CT molecular complexity index is 1040. The fourth-order valence-corrected chi connectivity index (χ4v) is 6.41. The molecule has 2 aromatic rings. The summed E-state index contributed by atoms with van der Waals surface area (Å²) in [6.07, 6.45) is -1.19. The Labute approximate surface area is 180 Å². The molecule has 166 valence electrons. The number of anilines is 1. The average molecular weight is 454 g/mol. The lowest BCUT2D eigenvalue weighted by molar-refractivity contribution is -0.137. The summed E-state index contributed by atoms with van der Waals surface area (Å²) in [6, 6.07) is 5.74. The number of hydrogen-bond donors (Lipinski definition) is 2. The van der Waals surface area contributed by atoms with Crippen LogP contribution in [-0.2, 0) is 30.9 Å². The summed E-state index contributed by atoms with van der Waals surface area (Å²) in [6.45, 7) is 2.02. The second-order valence-electron chi connectivity index (χ2n) is 8.47. The summed E-state index contributed by atoms with van der Waals surface area (Å²) in [4.78, 5) is 14.8. The number of rotatable bonds is 1. The zero-order valence-corrected chi connectivity index (χ0v) is 17.9. The first kappa shape index (κ1) is 20.4. The van der Waals surface area contributed by atoms with Crippen LogP contribution in [0.1, 0.15) is 35.1 Å². The molecular formula is C21H24F3N4O2S+. The number of fused-ring (bicyclic) bond motifs is 3. The number of halogens is 3. The molecule has 0 saturated carbocycles. The first-order valence-corrected chi connectivity index (χ1v) is 11.9. The topological polar surface area (TPSA) is 70.8 Å². The molecule has 1 saturated heterocycles. The number of amides is 2. The van der Waals surface area contributed by atoms with Gasteiger partial charge in [-0.05, 0) is 24.5 Å². The number of ether oxygens (including phenoxy) is 1. The first-order chi connectivity index (χ1) is 14.7. The molecule has 6 nitrogen and oxygen atoms in total. The second kappa shape index (κ2) is 7.03. The van der Waals surface area contributed by atoms with E-state index in [2.05, 4.69) is 11.5 Å². The van der Waals surface area contributed by atoms with E-state index in [4.69, 9.17) is 10.5 Å². The average Bonchev–Trinajstić information content (AvgIpc) is 3.41. The van der Waals surface area contributed by atoms with E-state index in [1.165, 1.54) is 10.4 Å². The van der Waals surface area contributed by atoms with Crippen LogP contribution in [0.5, 0.6) is 5.75 Å². The molecule has 1 aromatic carbocycles. The Morgan fingerprint density at radius 1 is 1.32 bits per heavy atom. The number of nitrogens with one attached hydrogen (secondary N) is 1. The Balaban J connectivity index is 1.29. The van der Waals surface area contributed by atoms with Crippen LogP contribution in [-0.4, -0.2) is 35.6 Å². The Kier molecular flexibility index (Phi) is 4.63. The van der Waals surface area contributed by atoms with Crippen molar-refractivity contribution in [2.75, 3.05) is 25.1 Å². The van der Waals surface area contributed by atoms with Crippen molar-refractivity contribution in [3.05, 3.63) is 45.8 Å². The van der Waals surface area contributed by atoms with Crippen molar-refractivity contribution in [2.24, 2.45) is 12.0 Å². The number of nitrogens with two attached hydrogens (primary N) is 1. The van der Waals surface area contributed by atoms with Crippen LogP contribution in [0.15, 0.2) is 23.6 Å². The van der Waals surface area contributed by atoms with Crippen molar-refractivity contribution in [2.45, 2.75) is 37.5 Å². The molecule has 10 heteroatoms. The molecule has 1 unspecified atom stereocenters. The molecular weight excluding hydrogens is 429 g/mol. The third-order valence-corrected chi connectivity index (χ3v) is 8.22. The molecule has 1 aromatic heterocycles. The van der Waals surface area contributed by atoms with Crippen LogP contribution in [0.2, 0.25) is 0 Å². The molecule has 4 heterocycles. The van der Waals surface area contributed by atoms with Crippen LogP contribution < -0.4 is 15.9 Å². The van der Waals surface area contributed by atoms with E-state index < -0.39 is 22.2 Å². The van der Waals surface area contributed by atoms with E-state index in [0.717, 1.165) is 29.7 Å². The van der Waals surface area contributed by atoms with Crippen LogP contribution in [0.3, 0.4) is 0 Å². The van der Waals surface area contributed by atoms with Gasteiger partial charge in [0.15, 0.2) is 5.38 Å². The van der Waals surface area contributed by atoms with Gasteiger partial charge >= 0.3 is 12.2 Å². The SMILES string of the molecule is C[s+]1cc(C(F)(F)F)c2c1NN(C(=O)N1CCC3(CC1)COc1ccc(CN)cc13)C2. The summed E-state index contributed by atoms with van der Waals surface area (Å²) in [5.74, 6) is 0.875. The van der Waals surface area contributed by atoms with Crippen molar-refractivity contribution in [3.63, 3.8) is 0 Å². The molecule has 0 bridgehead atoms. The standard InChI is InChI=1S/C21H24F3N4O2S/c1-31-11-16(21(22,23)24)14-10-28(26-18(14)31)19(29)27-6-4-20(5-7-27)12-30-17-3-2-13(9-25)8-15(17)20/h2-3,8,11,26H,4-7,9-10,12,25H2,1H3/q+1. The van der Waals surface area contributed by atoms with Gasteiger partial charge < -0.3 is 15.4 Å². The van der Waals surface area contributed by atoms with Gasteiger partial charge in [0, 0.05) is 41.1 Å². The van der Waals surface area contributed by atoms with E-state index in [0.29, 0.717) is 31.2 Å². The highest BCUT2D eigenvalue weighted by Gasteiger charge is 2.47. The lowest BCUT2D eigenvalue weighted by Crippen LogP contribution is -2.50. The van der Waals surface area contributed by atoms with Crippen molar-refractivity contribution >= 4 is 21.5 Å². The van der Waals surface area contributed by atoms with Crippen molar-refractivity contribution in [1.29, 1.82) is 0 Å². The maximum Gasteiger partial charge on any atom is 0.421 e. The molecule has 3 aliphatic rings. The lowest BCUT2D eigenvalue weighted by Gasteiger charge is -2.39. The van der Waals surface area contributed by atoms with Crippen molar-refractivity contribution in [3.8, 4) is 5.75 Å². The first-order valence-electron chi connectivity index (χ1n) is 10.2. The summed E-state index contributed by atoms with van der Waals surface area (Å²) in [7, 11) is -0.685. The highest BCUT2D eigenvalue weighted by molar-refractivity contribution is 7.32. The van der Waals surface area contributed by atoms with Gasteiger partial charge in [0.25, 0.3) is 5.00 Å². The number of hydrazine groups is 1. The zero-order chi connectivity index (χ0) is 22.0. The number of aryl methyl sites for hydroxylation is 1. The van der Waals surface area contributed by atoms with Gasteiger partial charge in [0.2, 0.25) is 0 Å². The molecule has 3 aliphatic heterocycles. The molecule has 1 fully saturated rings. The van der Waals surface area contributed by atoms with E-state index in [9.17, 15) is 18.0 Å². The van der Waals surface area contributed by atoms with E-state index in [1.807, 2.05) is 12.1 Å². The number of nitrogens with zero attached hydrogens (tertiary/aromatic N) is 2. The number of hydrogen-bond acceptors (Lipinski definition) is 4. The molecule has 5 rings (SSSR count). The quantitative estimate of drug-likeness (QED) is 0.637. The fraction of sp³-hybridized carbons (Fsp3) is 0.476. The number of piperidine rings is 1. The van der Waals surface area contributed by atoms with Crippen LogP contribution in [0.25, 0.3) is 0 Å². The highest BCUT2D eigenvalue weighted by Crippen LogP contribution is 2.48. The van der Waals surface area contributed by atoms with Gasteiger partial charge in [-0.15, -0.1) is 0 Å². The fourth-order valence-electron chi connectivity index (χ4n) is 4.84. The normalized spacial score (nSPS) is 19.8. The number of benzene rings is 1. The number of carbonyl (C=O) groups excluding carboxylic acids is 1. The summed E-state index contributed by atoms with van der Waals surface area (Å²) in [5.41, 5.74) is 10.4. The number of carbonyl (C=O) groups is 1. The maximum atomic E-state index is 13.3. The van der Waals surface area contributed by atoms with E-state index in [-0.39, 0.29) is 23.6 Å². The molecule has 0 aliphatic carbocycles. The minimum atomic E-state index is -4.41. The van der Waals surface area contributed by atoms with Gasteiger partial charge in [-0.2, -0.15) is 13.2 Å². The largest absolute Gasteiger partial charge is 0.492 e. The molecule has 1 atom stereocenters. The lowest BCUT2D eigenvalue weighted by atomic mass is 9.74. The summed E-state index contributed by atoms with van der Waals surface area (Å²) in [5, 5.41) is 3.06. The second-order valence-corrected chi connectivity index (χ2v) is 10.2.